The van der Waals surface area contributed by atoms with Gasteiger partial charge in [0.25, 0.3) is 0 Å². The van der Waals surface area contributed by atoms with E-state index in [1.807, 2.05) is 26.8 Å². The summed E-state index contributed by atoms with van der Waals surface area (Å²) < 4.78 is 5.56. The van der Waals surface area contributed by atoms with Crippen LogP contribution in [0.2, 0.25) is 0 Å². The van der Waals surface area contributed by atoms with E-state index in [1.54, 1.807) is 22.6 Å². The molecule has 0 bridgehead atoms. The molecule has 0 aliphatic carbocycles. The second kappa shape index (κ2) is 8.22. The van der Waals surface area contributed by atoms with Gasteiger partial charge in [-0.15, -0.1) is 11.3 Å². The summed E-state index contributed by atoms with van der Waals surface area (Å²) in [4.78, 5) is 25.5. The average Bonchev–Trinajstić information content (AvgIpc) is 3.10. The van der Waals surface area contributed by atoms with Gasteiger partial charge in [-0.05, 0) is 44.7 Å². The summed E-state index contributed by atoms with van der Waals surface area (Å²) in [5, 5.41) is 4.73. The molecule has 158 valence electrons. The Hall–Kier alpha value is -2.67. The monoisotopic (exact) mass is 424 g/mol. The van der Waals surface area contributed by atoms with E-state index >= 15 is 0 Å². The van der Waals surface area contributed by atoms with E-state index in [-0.39, 0.29) is 12.1 Å². The molecule has 4 rings (SSSR count). The number of hydrogen-bond acceptors (Lipinski definition) is 6. The quantitative estimate of drug-likeness (QED) is 0.595. The van der Waals surface area contributed by atoms with E-state index in [1.165, 1.54) is 16.0 Å². The largest absolute Gasteiger partial charge is 0.444 e. The number of nitrogens with zero attached hydrogens (tertiary/aromatic N) is 3. The van der Waals surface area contributed by atoms with E-state index < -0.39 is 5.60 Å². The molecule has 1 aliphatic heterocycles. The summed E-state index contributed by atoms with van der Waals surface area (Å²) >= 11 is 1.64. The highest BCUT2D eigenvalue weighted by molar-refractivity contribution is 7.19. The van der Waals surface area contributed by atoms with Crippen molar-refractivity contribution >= 4 is 33.5 Å². The molecule has 0 radical (unpaired) electrons. The second-order valence-corrected chi connectivity index (χ2v) is 9.66. The zero-order valence-corrected chi connectivity index (χ0v) is 18.8. The third-order valence-electron chi connectivity index (χ3n) is 5.21. The molecule has 1 atom stereocenters. The molecule has 0 spiro atoms. The van der Waals surface area contributed by atoms with Gasteiger partial charge in [-0.25, -0.2) is 14.8 Å². The number of nitrogens with one attached hydrogen (secondary N) is 1. The predicted octanol–water partition coefficient (Wildman–Crippen LogP) is 5.55. The lowest BCUT2D eigenvalue weighted by molar-refractivity contribution is 0.0227. The fourth-order valence-electron chi connectivity index (χ4n) is 3.79. The summed E-state index contributed by atoms with van der Waals surface area (Å²) in [5.41, 5.74) is 2.00. The molecule has 30 heavy (non-hydrogen) atoms. The maximum atomic E-state index is 12.5. The van der Waals surface area contributed by atoms with Crippen LogP contribution in [0.25, 0.3) is 10.2 Å². The van der Waals surface area contributed by atoms with Gasteiger partial charge < -0.3 is 15.0 Å². The van der Waals surface area contributed by atoms with Crippen molar-refractivity contribution in [1.82, 2.24) is 14.9 Å². The van der Waals surface area contributed by atoms with Crippen molar-refractivity contribution in [3.05, 3.63) is 52.7 Å². The number of aromatic nitrogens is 2. The van der Waals surface area contributed by atoms with Crippen LogP contribution in [-0.4, -0.2) is 33.1 Å². The topological polar surface area (TPSA) is 67.4 Å². The fourth-order valence-corrected chi connectivity index (χ4v) is 4.99. The number of carbonyl (C=O) groups excluding carboxylic acids is 1. The van der Waals surface area contributed by atoms with Gasteiger partial charge in [-0.3, -0.25) is 0 Å². The first kappa shape index (κ1) is 20.6. The minimum absolute atomic E-state index is 0.182. The molecular weight excluding hydrogens is 396 g/mol. The van der Waals surface area contributed by atoms with E-state index in [2.05, 4.69) is 46.5 Å². The zero-order valence-electron chi connectivity index (χ0n) is 17.9. The summed E-state index contributed by atoms with van der Waals surface area (Å²) in [6.07, 6.45) is 3.09. The minimum atomic E-state index is -0.493. The molecule has 6 nitrogen and oxygen atoms in total. The maximum absolute atomic E-state index is 12.5. The maximum Gasteiger partial charge on any atom is 0.410 e. The Bertz CT molecular complexity index is 1040. The lowest BCUT2D eigenvalue weighted by Gasteiger charge is -2.30. The summed E-state index contributed by atoms with van der Waals surface area (Å²) in [5.74, 6) is 0.874. The third kappa shape index (κ3) is 4.26. The van der Waals surface area contributed by atoms with E-state index in [9.17, 15) is 4.79 Å². The van der Waals surface area contributed by atoms with Crippen molar-refractivity contribution in [3.8, 4) is 0 Å². The van der Waals surface area contributed by atoms with Crippen LogP contribution in [0, 0.1) is 0 Å². The first-order valence-corrected chi connectivity index (χ1v) is 11.2. The van der Waals surface area contributed by atoms with Crippen molar-refractivity contribution in [2.24, 2.45) is 0 Å². The Labute approximate surface area is 181 Å². The number of ether oxygens (including phenoxy) is 1. The van der Waals surface area contributed by atoms with Crippen LogP contribution in [0.15, 0.2) is 36.7 Å². The number of anilines is 1. The molecule has 0 saturated heterocycles. The number of thiophene rings is 1. The summed E-state index contributed by atoms with van der Waals surface area (Å²) in [6, 6.07) is 10.6. The molecule has 0 saturated carbocycles. The Balaban J connectivity index is 1.62. The van der Waals surface area contributed by atoms with Gasteiger partial charge in [0.2, 0.25) is 0 Å². The van der Waals surface area contributed by atoms with Gasteiger partial charge >= 0.3 is 6.09 Å². The zero-order chi connectivity index (χ0) is 21.3. The molecule has 1 amide bonds. The minimum Gasteiger partial charge on any atom is -0.444 e. The number of fused-ring (bicyclic) bond motifs is 3. The molecule has 3 heterocycles. The van der Waals surface area contributed by atoms with Gasteiger partial charge in [-0.1, -0.05) is 37.3 Å². The Morgan fingerprint density at radius 2 is 2.03 bits per heavy atom. The molecular formula is C23H28N4O2S. The SMILES string of the molecule is CC[C@@H](Nc1ncnc2sc3c(c12)CCN(C(=O)OC(C)(C)C)C3)c1ccccc1. The summed E-state index contributed by atoms with van der Waals surface area (Å²) in [7, 11) is 0. The Morgan fingerprint density at radius 1 is 1.27 bits per heavy atom. The standard InChI is InChI=1S/C23H28N4O2S/c1-5-17(15-9-7-6-8-10-15)26-20-19-16-11-12-27(22(28)29-23(2,3)4)13-18(16)30-21(19)25-14-24-20/h6-10,14,17H,5,11-13H2,1-4H3,(H,24,25,26)/t17-/m1/s1. The van der Waals surface area contributed by atoms with Crippen LogP contribution in [-0.2, 0) is 17.7 Å². The van der Waals surface area contributed by atoms with E-state index in [0.29, 0.717) is 13.1 Å². The first-order chi connectivity index (χ1) is 14.4. The number of rotatable bonds is 4. The molecule has 1 aliphatic rings. The van der Waals surface area contributed by atoms with E-state index in [4.69, 9.17) is 4.74 Å². The molecule has 3 aromatic rings. The number of amides is 1. The van der Waals surface area contributed by atoms with Crippen LogP contribution in [0.3, 0.4) is 0 Å². The normalized spacial score (nSPS) is 15.0. The molecule has 0 unspecified atom stereocenters. The van der Waals surface area contributed by atoms with Crippen molar-refractivity contribution in [3.63, 3.8) is 0 Å². The van der Waals surface area contributed by atoms with Gasteiger partial charge in [0.1, 0.15) is 22.6 Å². The van der Waals surface area contributed by atoms with Gasteiger partial charge in [0, 0.05) is 11.4 Å². The fraction of sp³-hybridized carbons (Fsp3) is 0.435. The van der Waals surface area contributed by atoms with Crippen LogP contribution in [0.1, 0.15) is 56.2 Å². The van der Waals surface area contributed by atoms with Crippen molar-refractivity contribution in [1.29, 1.82) is 0 Å². The van der Waals surface area contributed by atoms with Crippen LogP contribution in [0.5, 0.6) is 0 Å². The highest BCUT2D eigenvalue weighted by Gasteiger charge is 2.29. The number of hydrogen-bond donors (Lipinski definition) is 1. The Morgan fingerprint density at radius 3 is 2.73 bits per heavy atom. The molecule has 1 N–H and O–H groups in total. The smallest absolute Gasteiger partial charge is 0.410 e. The third-order valence-corrected chi connectivity index (χ3v) is 6.33. The average molecular weight is 425 g/mol. The first-order valence-electron chi connectivity index (χ1n) is 10.4. The van der Waals surface area contributed by atoms with Gasteiger partial charge in [0.15, 0.2) is 0 Å². The predicted molar refractivity (Wildman–Crippen MR) is 121 cm³/mol. The lowest BCUT2D eigenvalue weighted by atomic mass is 10.0. The molecule has 0 fully saturated rings. The molecule has 1 aromatic carbocycles. The van der Waals surface area contributed by atoms with Crippen LogP contribution in [0.4, 0.5) is 10.6 Å². The van der Waals surface area contributed by atoms with Gasteiger partial charge in [0.05, 0.1) is 18.0 Å². The van der Waals surface area contributed by atoms with Crippen molar-refractivity contribution in [2.75, 3.05) is 11.9 Å². The highest BCUT2D eigenvalue weighted by atomic mass is 32.1. The second-order valence-electron chi connectivity index (χ2n) is 8.57. The summed E-state index contributed by atoms with van der Waals surface area (Å²) in [6.45, 7) is 9.04. The Kier molecular flexibility index (Phi) is 5.64. The van der Waals surface area contributed by atoms with Crippen LogP contribution < -0.4 is 5.32 Å². The van der Waals surface area contributed by atoms with Gasteiger partial charge in [-0.2, -0.15) is 0 Å². The molecule has 2 aromatic heterocycles. The van der Waals surface area contributed by atoms with E-state index in [0.717, 1.165) is 28.9 Å². The lowest BCUT2D eigenvalue weighted by Crippen LogP contribution is -2.39. The highest BCUT2D eigenvalue weighted by Crippen LogP contribution is 2.38. The number of carbonyl (C=O) groups is 1. The van der Waals surface area contributed by atoms with Crippen molar-refractivity contribution < 1.29 is 9.53 Å². The van der Waals surface area contributed by atoms with Crippen LogP contribution >= 0.6 is 11.3 Å². The molecule has 7 heteroatoms. The number of benzene rings is 1. The van der Waals surface area contributed by atoms with Crippen molar-refractivity contribution in [2.45, 2.75) is 58.7 Å².